The molecule has 14 heteroatoms. The number of halogens is 4. The summed E-state index contributed by atoms with van der Waals surface area (Å²) in [6.07, 6.45) is 1.71. The fraction of sp³-hybridized carbons (Fsp3) is 0.265. The van der Waals surface area contributed by atoms with Crippen LogP contribution in [-0.4, -0.2) is 53.6 Å². The van der Waals surface area contributed by atoms with Crippen LogP contribution in [0.15, 0.2) is 83.4 Å². The van der Waals surface area contributed by atoms with Gasteiger partial charge in [0.2, 0.25) is 5.91 Å². The van der Waals surface area contributed by atoms with Crippen molar-refractivity contribution in [3.8, 4) is 11.5 Å². The van der Waals surface area contributed by atoms with Crippen molar-refractivity contribution in [1.82, 2.24) is 9.80 Å². The van der Waals surface area contributed by atoms with Gasteiger partial charge in [0.15, 0.2) is 5.92 Å². The highest BCUT2D eigenvalue weighted by Crippen LogP contribution is 2.60. The number of imide groups is 2. The lowest BCUT2D eigenvalue weighted by Gasteiger charge is -2.32. The van der Waals surface area contributed by atoms with Gasteiger partial charge in [-0.3, -0.25) is 29.0 Å². The second-order valence-electron chi connectivity index (χ2n) is 11.6. The molecule has 0 bridgehead atoms. The Hall–Kier alpha value is -4.09. The number of carbonyl (C=O) groups excluding carboxylic acids is 5. The van der Waals surface area contributed by atoms with E-state index < -0.39 is 29.7 Å². The maximum atomic E-state index is 12.4. The van der Waals surface area contributed by atoms with Crippen molar-refractivity contribution in [1.29, 1.82) is 0 Å². The van der Waals surface area contributed by atoms with Gasteiger partial charge in [0, 0.05) is 19.8 Å². The number of para-hydroxylation sites is 1. The first-order valence-electron chi connectivity index (χ1n) is 14.5. The molecule has 1 aliphatic heterocycles. The number of nitrogens with zero attached hydrogens (tertiary/aromatic N) is 2. The summed E-state index contributed by atoms with van der Waals surface area (Å²) in [4.78, 5) is 61.6. The number of carbonyl (C=O) groups is 5. The Labute approximate surface area is 297 Å². The minimum atomic E-state index is -1.62. The summed E-state index contributed by atoms with van der Waals surface area (Å²) < 4.78 is 11.5. The Balaban J connectivity index is 0.000000220. The number of hydrogen-bond acceptors (Lipinski definition) is 7. The number of allylic oxidation sites excluding steroid dienone is 1. The Morgan fingerprint density at radius 3 is 2.08 bits per heavy atom. The zero-order chi connectivity index (χ0) is 35.3. The van der Waals surface area contributed by atoms with Crippen LogP contribution in [0.25, 0.3) is 0 Å². The topological polar surface area (TPSA) is 122 Å². The lowest BCUT2D eigenvalue weighted by molar-refractivity contribution is -0.151. The zero-order valence-corrected chi connectivity index (χ0v) is 29.2. The third-order valence-corrected chi connectivity index (χ3v) is 8.90. The van der Waals surface area contributed by atoms with E-state index in [-0.39, 0.29) is 45.0 Å². The summed E-state index contributed by atoms with van der Waals surface area (Å²) in [5.74, 6) is -3.23. The molecular formula is C34H31Cl4N3O7. The number of anilines is 1. The van der Waals surface area contributed by atoms with Crippen LogP contribution < -0.4 is 10.1 Å². The molecule has 2 aliphatic rings. The van der Waals surface area contributed by atoms with Crippen molar-refractivity contribution in [2.45, 2.75) is 20.5 Å². The van der Waals surface area contributed by atoms with E-state index in [1.165, 1.54) is 32.3 Å². The molecule has 48 heavy (non-hydrogen) atoms. The van der Waals surface area contributed by atoms with Gasteiger partial charge in [-0.15, -0.1) is 0 Å². The molecule has 3 aromatic carbocycles. The first-order valence-corrected chi connectivity index (χ1v) is 16.0. The van der Waals surface area contributed by atoms with Crippen LogP contribution in [-0.2, 0) is 30.5 Å². The third kappa shape index (κ3) is 8.68. The van der Waals surface area contributed by atoms with Crippen molar-refractivity contribution in [3.05, 3.63) is 99.0 Å². The standard InChI is InChI=1S/C21H20Cl2O3.C13H11Cl2N3O4/c1-21(2)17(12-18(22)23)19(21)20(24)25-13-14-7-6-10-16(11-14)26-15-8-4-3-5-9-15;1-17-11(20)9(12(21)18(2)13(17)22)10(19)16-6-3-4-7(14)8(15)5-6/h3-12,17,19H,13H2,1-2H3;3-5,9H,1-2H3,(H,16,19). The fourth-order valence-corrected chi connectivity index (χ4v) is 5.63. The smallest absolute Gasteiger partial charge is 0.332 e. The van der Waals surface area contributed by atoms with Crippen molar-refractivity contribution in [2.24, 2.45) is 23.2 Å². The molecule has 1 heterocycles. The summed E-state index contributed by atoms with van der Waals surface area (Å²) in [6, 6.07) is 20.6. The summed E-state index contributed by atoms with van der Waals surface area (Å²) >= 11 is 23.0. The Morgan fingerprint density at radius 2 is 1.48 bits per heavy atom. The van der Waals surface area contributed by atoms with E-state index in [0.29, 0.717) is 10.8 Å². The van der Waals surface area contributed by atoms with Crippen LogP contribution in [0, 0.1) is 23.2 Å². The molecule has 1 aliphatic carbocycles. The molecule has 2 atom stereocenters. The number of amides is 5. The van der Waals surface area contributed by atoms with Gasteiger partial charge < -0.3 is 14.8 Å². The van der Waals surface area contributed by atoms with Gasteiger partial charge >= 0.3 is 12.0 Å². The highest BCUT2D eigenvalue weighted by molar-refractivity contribution is 6.55. The van der Waals surface area contributed by atoms with Gasteiger partial charge in [-0.1, -0.05) is 90.6 Å². The number of esters is 1. The van der Waals surface area contributed by atoms with Crippen molar-refractivity contribution in [2.75, 3.05) is 19.4 Å². The predicted octanol–water partition coefficient (Wildman–Crippen LogP) is 7.71. The first kappa shape index (κ1) is 36.7. The number of nitrogens with one attached hydrogen (secondary N) is 1. The van der Waals surface area contributed by atoms with Crippen LogP contribution in [0.5, 0.6) is 11.5 Å². The van der Waals surface area contributed by atoms with Crippen LogP contribution in [0.2, 0.25) is 10.0 Å². The average Bonchev–Trinajstić information content (AvgIpc) is 3.58. The molecule has 3 aromatic rings. The van der Waals surface area contributed by atoms with Crippen molar-refractivity contribution >= 4 is 81.8 Å². The van der Waals surface area contributed by atoms with Gasteiger partial charge in [-0.25, -0.2) is 4.79 Å². The fourth-order valence-electron chi connectivity index (χ4n) is 5.06. The van der Waals surface area contributed by atoms with Gasteiger partial charge in [-0.05, 0) is 65.4 Å². The summed E-state index contributed by atoms with van der Waals surface area (Å²) in [5.41, 5.74) is 0.958. The number of hydrogen-bond donors (Lipinski definition) is 1. The Bertz CT molecular complexity index is 1740. The molecule has 0 radical (unpaired) electrons. The third-order valence-electron chi connectivity index (χ3n) is 7.91. The average molecular weight is 735 g/mol. The highest BCUT2D eigenvalue weighted by atomic mass is 35.5. The molecule has 2 fully saturated rings. The normalized spacial score (nSPS) is 18.4. The molecule has 10 nitrogen and oxygen atoms in total. The Kier molecular flexibility index (Phi) is 11.8. The molecule has 0 spiro atoms. The summed E-state index contributed by atoms with van der Waals surface area (Å²) in [6.45, 7) is 4.21. The highest BCUT2D eigenvalue weighted by Gasteiger charge is 2.61. The van der Waals surface area contributed by atoms with E-state index in [2.05, 4.69) is 5.32 Å². The van der Waals surface area contributed by atoms with E-state index in [1.807, 2.05) is 68.4 Å². The minimum absolute atomic E-state index is 0.00717. The second-order valence-corrected chi connectivity index (χ2v) is 13.4. The van der Waals surface area contributed by atoms with Gasteiger partial charge in [0.05, 0.1) is 16.0 Å². The van der Waals surface area contributed by atoms with E-state index in [0.717, 1.165) is 21.1 Å². The first-order chi connectivity index (χ1) is 22.6. The lowest BCUT2D eigenvalue weighted by Crippen LogP contribution is -2.59. The number of urea groups is 1. The largest absolute Gasteiger partial charge is 0.461 e. The molecule has 252 valence electrons. The maximum Gasteiger partial charge on any atom is 0.332 e. The van der Waals surface area contributed by atoms with Gasteiger partial charge in [0.1, 0.15) is 22.6 Å². The molecular weight excluding hydrogens is 704 g/mol. The molecule has 0 aromatic heterocycles. The van der Waals surface area contributed by atoms with Crippen LogP contribution in [0.1, 0.15) is 19.4 Å². The number of rotatable bonds is 8. The second kappa shape index (κ2) is 15.4. The molecule has 1 saturated heterocycles. The van der Waals surface area contributed by atoms with Crippen LogP contribution in [0.3, 0.4) is 0 Å². The molecule has 2 unspecified atom stereocenters. The van der Waals surface area contributed by atoms with Crippen molar-refractivity contribution < 1.29 is 33.4 Å². The minimum Gasteiger partial charge on any atom is -0.461 e. The van der Waals surface area contributed by atoms with E-state index >= 15 is 0 Å². The molecule has 1 N–H and O–H groups in total. The number of benzene rings is 3. The number of barbiturate groups is 1. The van der Waals surface area contributed by atoms with Crippen LogP contribution in [0.4, 0.5) is 10.5 Å². The monoisotopic (exact) mass is 733 g/mol. The molecule has 5 amide bonds. The Morgan fingerprint density at radius 1 is 0.854 bits per heavy atom. The summed E-state index contributed by atoms with van der Waals surface area (Å²) in [5, 5.41) is 2.92. The maximum absolute atomic E-state index is 12.4. The molecule has 1 saturated carbocycles. The SMILES string of the molecule is CC1(C)C(C=C(Cl)Cl)C1C(=O)OCc1cccc(Oc2ccccc2)c1.CN1C(=O)C(C(=O)Nc2ccc(Cl)c(Cl)c2)C(=O)N(C)C1=O. The zero-order valence-electron chi connectivity index (χ0n) is 26.2. The predicted molar refractivity (Wildman–Crippen MR) is 183 cm³/mol. The quantitative estimate of drug-likeness (QED) is 0.186. The van der Waals surface area contributed by atoms with Crippen LogP contribution >= 0.6 is 46.4 Å². The van der Waals surface area contributed by atoms with E-state index in [9.17, 15) is 24.0 Å². The molecule has 5 rings (SSSR count). The van der Waals surface area contributed by atoms with E-state index in [1.54, 1.807) is 6.08 Å². The van der Waals surface area contributed by atoms with Gasteiger partial charge in [-0.2, -0.15) is 0 Å². The lowest BCUT2D eigenvalue weighted by atomic mass is 10.0. The van der Waals surface area contributed by atoms with Gasteiger partial charge in [0.25, 0.3) is 11.8 Å². The van der Waals surface area contributed by atoms with Crippen molar-refractivity contribution in [3.63, 3.8) is 0 Å². The number of ether oxygens (including phenoxy) is 2. The van der Waals surface area contributed by atoms with E-state index in [4.69, 9.17) is 55.9 Å². The summed E-state index contributed by atoms with van der Waals surface area (Å²) in [7, 11) is 2.40.